The zero-order valence-corrected chi connectivity index (χ0v) is 13.3. The summed E-state index contributed by atoms with van der Waals surface area (Å²) < 4.78 is 5.81. The summed E-state index contributed by atoms with van der Waals surface area (Å²) in [4.78, 5) is 16.1. The van der Waals surface area contributed by atoms with Gasteiger partial charge in [0.1, 0.15) is 11.8 Å². The lowest BCUT2D eigenvalue weighted by atomic mass is 10.1. The van der Waals surface area contributed by atoms with Gasteiger partial charge in [0.25, 0.3) is 0 Å². The number of fused-ring (bicyclic) bond motifs is 2. The third-order valence-electron chi connectivity index (χ3n) is 4.09. The van der Waals surface area contributed by atoms with Crippen molar-refractivity contribution in [2.24, 2.45) is 0 Å². The van der Waals surface area contributed by atoms with E-state index in [1.807, 2.05) is 6.07 Å². The van der Waals surface area contributed by atoms with Gasteiger partial charge in [-0.1, -0.05) is 11.6 Å². The molecular weight excluding hydrogens is 324 g/mol. The van der Waals surface area contributed by atoms with Gasteiger partial charge < -0.3 is 4.74 Å². The van der Waals surface area contributed by atoms with E-state index >= 15 is 0 Å². The van der Waals surface area contributed by atoms with Crippen molar-refractivity contribution in [2.45, 2.75) is 12.8 Å². The number of pyridine rings is 1. The molecule has 0 radical (unpaired) electrons. The molecule has 2 aromatic carbocycles. The van der Waals surface area contributed by atoms with Gasteiger partial charge in [0.2, 0.25) is 5.88 Å². The molecule has 0 saturated heterocycles. The fourth-order valence-corrected chi connectivity index (χ4v) is 3.11. The molecule has 0 saturated carbocycles. The van der Waals surface area contributed by atoms with Crippen LogP contribution in [0.25, 0.3) is 10.9 Å². The van der Waals surface area contributed by atoms with Crippen LogP contribution in [0, 0.1) is 11.3 Å². The summed E-state index contributed by atoms with van der Waals surface area (Å²) in [7, 11) is 0. The Kier molecular flexibility index (Phi) is 3.44. The van der Waals surface area contributed by atoms with Gasteiger partial charge in [0, 0.05) is 28.5 Å². The Bertz CT molecular complexity index is 1040. The number of hydrogen-bond acceptors (Lipinski definition) is 4. The lowest BCUT2D eigenvalue weighted by Crippen LogP contribution is -1.94. The van der Waals surface area contributed by atoms with Crippen molar-refractivity contribution < 1.29 is 9.53 Å². The molecule has 0 bridgehead atoms. The molecule has 4 nitrogen and oxygen atoms in total. The molecule has 0 atom stereocenters. The number of carbonyl (C=O) groups excluding carboxylic acids is 1. The molecule has 0 aliphatic heterocycles. The molecule has 1 aliphatic carbocycles. The predicted molar refractivity (Wildman–Crippen MR) is 90.6 cm³/mol. The maximum Gasteiger partial charge on any atom is 0.221 e. The molecule has 3 aromatic rings. The van der Waals surface area contributed by atoms with Crippen LogP contribution in [0.1, 0.15) is 27.9 Å². The van der Waals surface area contributed by atoms with Crippen molar-refractivity contribution in [3.63, 3.8) is 0 Å². The van der Waals surface area contributed by atoms with Crippen LogP contribution in [0.2, 0.25) is 5.02 Å². The third-order valence-corrected chi connectivity index (χ3v) is 4.32. The number of nitriles is 1. The molecule has 4 rings (SSSR count). The van der Waals surface area contributed by atoms with Crippen LogP contribution in [0.15, 0.2) is 42.5 Å². The van der Waals surface area contributed by atoms with Crippen LogP contribution < -0.4 is 4.74 Å². The van der Waals surface area contributed by atoms with Crippen molar-refractivity contribution in [2.75, 3.05) is 0 Å². The summed E-state index contributed by atoms with van der Waals surface area (Å²) in [6.07, 6.45) is 1.28. The molecule has 1 heterocycles. The van der Waals surface area contributed by atoms with Crippen LogP contribution in [0.4, 0.5) is 0 Å². The minimum Gasteiger partial charge on any atom is -0.439 e. The van der Waals surface area contributed by atoms with Gasteiger partial charge >= 0.3 is 0 Å². The summed E-state index contributed by atoms with van der Waals surface area (Å²) in [5.74, 6) is 1.11. The first kappa shape index (κ1) is 14.7. The van der Waals surface area contributed by atoms with E-state index in [9.17, 15) is 10.1 Å². The van der Waals surface area contributed by atoms with Crippen LogP contribution >= 0.6 is 11.6 Å². The molecule has 0 amide bonds. The number of hydrogen-bond donors (Lipinski definition) is 0. The second-order valence-corrected chi connectivity index (χ2v) is 6.06. The first-order valence-electron chi connectivity index (χ1n) is 7.48. The first-order valence-corrected chi connectivity index (χ1v) is 7.86. The van der Waals surface area contributed by atoms with Crippen molar-refractivity contribution in [1.82, 2.24) is 4.98 Å². The van der Waals surface area contributed by atoms with Crippen LogP contribution in [-0.2, 0) is 6.42 Å². The average molecular weight is 335 g/mol. The van der Waals surface area contributed by atoms with Crippen molar-refractivity contribution in [1.29, 1.82) is 5.26 Å². The smallest absolute Gasteiger partial charge is 0.221 e. The Morgan fingerprint density at radius 3 is 2.83 bits per heavy atom. The van der Waals surface area contributed by atoms with Gasteiger partial charge in [-0.15, -0.1) is 0 Å². The van der Waals surface area contributed by atoms with Gasteiger partial charge in [-0.2, -0.15) is 5.26 Å². The van der Waals surface area contributed by atoms with E-state index in [-0.39, 0.29) is 5.78 Å². The molecule has 0 fully saturated rings. The second kappa shape index (κ2) is 5.63. The van der Waals surface area contributed by atoms with E-state index in [0.29, 0.717) is 39.5 Å². The van der Waals surface area contributed by atoms with E-state index in [2.05, 4.69) is 11.1 Å². The number of aryl methyl sites for hydroxylation is 1. The Morgan fingerprint density at radius 2 is 2.00 bits per heavy atom. The Hall–Kier alpha value is -2.90. The lowest BCUT2D eigenvalue weighted by molar-refractivity contribution is 0.0994. The van der Waals surface area contributed by atoms with Gasteiger partial charge in [0.15, 0.2) is 5.78 Å². The number of rotatable bonds is 2. The van der Waals surface area contributed by atoms with Crippen LogP contribution in [-0.4, -0.2) is 10.8 Å². The van der Waals surface area contributed by atoms with Crippen LogP contribution in [0.5, 0.6) is 11.6 Å². The van der Waals surface area contributed by atoms with E-state index in [1.165, 1.54) is 0 Å². The van der Waals surface area contributed by atoms with Crippen LogP contribution in [0.3, 0.4) is 0 Å². The molecule has 0 unspecified atom stereocenters. The second-order valence-electron chi connectivity index (χ2n) is 5.63. The lowest BCUT2D eigenvalue weighted by Gasteiger charge is -2.09. The summed E-state index contributed by atoms with van der Waals surface area (Å²) in [6, 6.07) is 14.3. The monoisotopic (exact) mass is 334 g/mol. The minimum atomic E-state index is 0.170. The summed E-state index contributed by atoms with van der Waals surface area (Å²) in [5, 5.41) is 10.6. The number of Topliss-reactive ketones (excluding diaryl/α,β-unsaturated/α-hetero) is 1. The third kappa shape index (κ3) is 2.49. The first-order chi connectivity index (χ1) is 11.6. The maximum atomic E-state index is 11.7. The number of halogens is 1. The molecule has 0 spiro atoms. The molecule has 1 aliphatic rings. The average Bonchev–Trinajstić information content (AvgIpc) is 2.95. The molecule has 1 aromatic heterocycles. The fourth-order valence-electron chi connectivity index (χ4n) is 2.93. The summed E-state index contributed by atoms with van der Waals surface area (Å²) in [6.45, 7) is 0. The number of benzene rings is 2. The predicted octanol–water partition coefficient (Wildman–Crippen LogP) is 4.68. The number of nitrogens with zero attached hydrogens (tertiary/aromatic N) is 2. The standard InChI is InChI=1S/C19H11ClN2O2/c20-13-2-5-17-16(9-13)12(10-21)8-19(22-17)24-14-3-4-15-11(7-14)1-6-18(15)23/h2-5,7-9H,1,6H2. The number of aromatic nitrogens is 1. The zero-order valence-electron chi connectivity index (χ0n) is 12.5. The molecule has 116 valence electrons. The minimum absolute atomic E-state index is 0.170. The molecule has 5 heteroatoms. The van der Waals surface area contributed by atoms with E-state index in [0.717, 1.165) is 17.5 Å². The molecule has 0 N–H and O–H groups in total. The zero-order chi connectivity index (χ0) is 16.7. The van der Waals surface area contributed by atoms with Crippen molar-refractivity contribution in [3.8, 4) is 17.7 Å². The Labute approximate surface area is 143 Å². The van der Waals surface area contributed by atoms with Gasteiger partial charge in [-0.05, 0) is 48.4 Å². The van der Waals surface area contributed by atoms with Crippen molar-refractivity contribution in [3.05, 3.63) is 64.2 Å². The molecule has 24 heavy (non-hydrogen) atoms. The SMILES string of the molecule is N#Cc1cc(Oc2ccc3c(c2)CCC3=O)nc2ccc(Cl)cc12. The molecular formula is C19H11ClN2O2. The van der Waals surface area contributed by atoms with Gasteiger partial charge in [-0.3, -0.25) is 4.79 Å². The normalized spacial score (nSPS) is 12.9. The highest BCUT2D eigenvalue weighted by Gasteiger charge is 2.19. The topological polar surface area (TPSA) is 63.0 Å². The number of carbonyl (C=O) groups is 1. The Morgan fingerprint density at radius 1 is 1.12 bits per heavy atom. The number of ketones is 1. The number of ether oxygens (including phenoxy) is 1. The highest BCUT2D eigenvalue weighted by atomic mass is 35.5. The fraction of sp³-hybridized carbons (Fsp3) is 0.105. The quantitative estimate of drug-likeness (QED) is 0.682. The summed E-state index contributed by atoms with van der Waals surface area (Å²) >= 11 is 5.99. The highest BCUT2D eigenvalue weighted by molar-refractivity contribution is 6.31. The van der Waals surface area contributed by atoms with E-state index in [1.54, 1.807) is 36.4 Å². The summed E-state index contributed by atoms with van der Waals surface area (Å²) in [5.41, 5.74) is 2.85. The highest BCUT2D eigenvalue weighted by Crippen LogP contribution is 2.30. The Balaban J connectivity index is 1.74. The van der Waals surface area contributed by atoms with E-state index in [4.69, 9.17) is 16.3 Å². The van der Waals surface area contributed by atoms with Gasteiger partial charge in [-0.25, -0.2) is 4.98 Å². The van der Waals surface area contributed by atoms with Gasteiger partial charge in [0.05, 0.1) is 11.1 Å². The van der Waals surface area contributed by atoms with E-state index < -0.39 is 0 Å². The van der Waals surface area contributed by atoms with Crippen molar-refractivity contribution >= 4 is 28.3 Å². The maximum absolute atomic E-state index is 11.7. The largest absolute Gasteiger partial charge is 0.439 e.